The van der Waals surface area contributed by atoms with E-state index in [-0.39, 0.29) is 11.3 Å². The largest absolute Gasteiger partial charge is 0.508 e. The second kappa shape index (κ2) is 10.8. The number of nitrogens with one attached hydrogen (secondary N) is 2. The standard InChI is InChI=1S/C23H28N4O2/c1-4-27(5-2)20-8-11-22(17(3)14-20)26-16-19(15-24)23(29)25-13-12-18-6-9-21(28)10-7-18/h6-11,14,16,26,28H,4-5,12-13H2,1-3H3,(H,25,29)/b19-16-. The zero-order valence-electron chi connectivity index (χ0n) is 17.2. The smallest absolute Gasteiger partial charge is 0.263 e. The zero-order valence-corrected chi connectivity index (χ0v) is 17.2. The number of hydrogen-bond acceptors (Lipinski definition) is 5. The Kier molecular flexibility index (Phi) is 8.11. The molecule has 0 atom stereocenters. The van der Waals surface area contributed by atoms with Gasteiger partial charge in [-0.25, -0.2) is 0 Å². The minimum atomic E-state index is -0.420. The van der Waals surface area contributed by atoms with Gasteiger partial charge in [-0.15, -0.1) is 0 Å². The molecule has 6 heteroatoms. The monoisotopic (exact) mass is 392 g/mol. The molecular formula is C23H28N4O2. The second-order valence-corrected chi connectivity index (χ2v) is 6.66. The van der Waals surface area contributed by atoms with Gasteiger partial charge in [0, 0.05) is 37.2 Å². The quantitative estimate of drug-likeness (QED) is 0.447. The molecule has 29 heavy (non-hydrogen) atoms. The summed E-state index contributed by atoms with van der Waals surface area (Å²) >= 11 is 0. The van der Waals surface area contributed by atoms with E-state index in [0.29, 0.717) is 13.0 Å². The van der Waals surface area contributed by atoms with Gasteiger partial charge in [-0.1, -0.05) is 12.1 Å². The third-order valence-corrected chi connectivity index (χ3v) is 4.71. The van der Waals surface area contributed by atoms with E-state index in [0.717, 1.165) is 35.6 Å². The van der Waals surface area contributed by atoms with Crippen molar-refractivity contribution in [2.75, 3.05) is 29.9 Å². The van der Waals surface area contributed by atoms with E-state index in [1.807, 2.05) is 25.1 Å². The molecule has 0 aliphatic heterocycles. The number of phenols is 1. The number of rotatable bonds is 9. The fourth-order valence-corrected chi connectivity index (χ4v) is 2.97. The Labute approximate surface area is 172 Å². The Morgan fingerprint density at radius 2 is 1.86 bits per heavy atom. The van der Waals surface area contributed by atoms with Crippen molar-refractivity contribution in [3.63, 3.8) is 0 Å². The molecule has 6 nitrogen and oxygen atoms in total. The lowest BCUT2D eigenvalue weighted by atomic mass is 10.1. The van der Waals surface area contributed by atoms with Crippen LogP contribution in [0, 0.1) is 18.3 Å². The van der Waals surface area contributed by atoms with Gasteiger partial charge in [-0.2, -0.15) is 5.26 Å². The number of nitrogens with zero attached hydrogens (tertiary/aromatic N) is 2. The first-order valence-corrected chi connectivity index (χ1v) is 9.77. The normalized spacial score (nSPS) is 10.9. The van der Waals surface area contributed by atoms with Crippen molar-refractivity contribution in [3.05, 3.63) is 65.4 Å². The lowest BCUT2D eigenvalue weighted by molar-refractivity contribution is -0.117. The number of aryl methyl sites for hydroxylation is 1. The maximum Gasteiger partial charge on any atom is 0.263 e. The molecule has 0 aromatic heterocycles. The van der Waals surface area contributed by atoms with Crippen molar-refractivity contribution < 1.29 is 9.90 Å². The number of hydrogen-bond donors (Lipinski definition) is 3. The van der Waals surface area contributed by atoms with Gasteiger partial charge >= 0.3 is 0 Å². The molecule has 0 saturated carbocycles. The summed E-state index contributed by atoms with van der Waals surface area (Å²) in [6.45, 7) is 8.50. The lowest BCUT2D eigenvalue weighted by Gasteiger charge is -2.22. The first-order chi connectivity index (χ1) is 14.0. The molecule has 152 valence electrons. The fourth-order valence-electron chi connectivity index (χ4n) is 2.97. The first-order valence-electron chi connectivity index (χ1n) is 9.77. The van der Waals surface area contributed by atoms with Crippen LogP contribution >= 0.6 is 0 Å². The average molecular weight is 393 g/mol. The summed E-state index contributed by atoms with van der Waals surface area (Å²) in [5, 5.41) is 24.4. The lowest BCUT2D eigenvalue weighted by Crippen LogP contribution is -2.27. The summed E-state index contributed by atoms with van der Waals surface area (Å²) in [6.07, 6.45) is 2.05. The second-order valence-electron chi connectivity index (χ2n) is 6.66. The van der Waals surface area contributed by atoms with Crippen molar-refractivity contribution in [3.8, 4) is 11.8 Å². The fraction of sp³-hybridized carbons (Fsp3) is 0.304. The number of phenolic OH excluding ortho intramolecular Hbond substituents is 1. The summed E-state index contributed by atoms with van der Waals surface area (Å²) in [5.74, 6) is -0.213. The number of carbonyl (C=O) groups excluding carboxylic acids is 1. The molecule has 0 unspecified atom stereocenters. The predicted molar refractivity (Wildman–Crippen MR) is 117 cm³/mol. The van der Waals surface area contributed by atoms with E-state index in [2.05, 4.69) is 35.4 Å². The van der Waals surface area contributed by atoms with Crippen LogP contribution in [0.15, 0.2) is 54.2 Å². The zero-order chi connectivity index (χ0) is 21.2. The van der Waals surface area contributed by atoms with E-state index in [1.165, 1.54) is 6.20 Å². The van der Waals surface area contributed by atoms with Crippen LogP contribution in [0.1, 0.15) is 25.0 Å². The maximum atomic E-state index is 12.3. The van der Waals surface area contributed by atoms with Crippen LogP contribution in [-0.2, 0) is 11.2 Å². The molecule has 3 N–H and O–H groups in total. The van der Waals surface area contributed by atoms with Crippen LogP contribution in [0.2, 0.25) is 0 Å². The molecule has 0 radical (unpaired) electrons. The van der Waals surface area contributed by atoms with Gasteiger partial charge in [0.2, 0.25) is 0 Å². The first kappa shape index (κ1) is 21.8. The van der Waals surface area contributed by atoms with Crippen LogP contribution in [-0.4, -0.2) is 30.6 Å². The van der Waals surface area contributed by atoms with Gasteiger partial charge in [0.15, 0.2) is 0 Å². The van der Waals surface area contributed by atoms with E-state index in [9.17, 15) is 15.2 Å². The van der Waals surface area contributed by atoms with Gasteiger partial charge in [0.05, 0.1) is 0 Å². The molecule has 2 aromatic rings. The summed E-state index contributed by atoms with van der Waals surface area (Å²) in [5.41, 5.74) is 4.05. The van der Waals surface area contributed by atoms with Crippen molar-refractivity contribution in [1.82, 2.24) is 5.32 Å². The average Bonchev–Trinajstić information content (AvgIpc) is 2.72. The van der Waals surface area contributed by atoms with Gasteiger partial charge in [0.25, 0.3) is 5.91 Å². The highest BCUT2D eigenvalue weighted by atomic mass is 16.3. The third-order valence-electron chi connectivity index (χ3n) is 4.71. The number of aromatic hydroxyl groups is 1. The number of carbonyl (C=O) groups is 1. The molecular weight excluding hydrogens is 364 g/mol. The summed E-state index contributed by atoms with van der Waals surface area (Å²) in [7, 11) is 0. The van der Waals surface area contributed by atoms with Crippen LogP contribution < -0.4 is 15.5 Å². The minimum Gasteiger partial charge on any atom is -0.508 e. The number of amides is 1. The van der Waals surface area contributed by atoms with E-state index in [1.54, 1.807) is 24.3 Å². The third kappa shape index (κ3) is 6.28. The molecule has 0 spiro atoms. The van der Waals surface area contributed by atoms with Crippen LogP contribution in [0.3, 0.4) is 0 Å². The predicted octanol–water partition coefficient (Wildman–Crippen LogP) is 3.73. The maximum absolute atomic E-state index is 12.3. The molecule has 0 aliphatic rings. The summed E-state index contributed by atoms with van der Waals surface area (Å²) in [4.78, 5) is 14.5. The molecule has 0 aliphatic carbocycles. The molecule has 2 aromatic carbocycles. The highest BCUT2D eigenvalue weighted by Crippen LogP contribution is 2.22. The molecule has 0 fully saturated rings. The summed E-state index contributed by atoms with van der Waals surface area (Å²) in [6, 6.07) is 14.8. The van der Waals surface area contributed by atoms with Gasteiger partial charge in [-0.3, -0.25) is 4.79 Å². The molecule has 1 amide bonds. The number of anilines is 2. The van der Waals surface area contributed by atoms with Gasteiger partial charge in [0.1, 0.15) is 17.4 Å². The molecule has 0 heterocycles. The molecule has 0 bridgehead atoms. The minimum absolute atomic E-state index is 0.0166. The van der Waals surface area contributed by atoms with Crippen molar-refractivity contribution >= 4 is 17.3 Å². The van der Waals surface area contributed by atoms with Crippen molar-refractivity contribution in [1.29, 1.82) is 5.26 Å². The number of nitriles is 1. The number of benzene rings is 2. The Morgan fingerprint density at radius 1 is 1.17 bits per heavy atom. The van der Waals surface area contributed by atoms with E-state index >= 15 is 0 Å². The molecule has 2 rings (SSSR count). The van der Waals surface area contributed by atoms with E-state index in [4.69, 9.17) is 0 Å². The highest BCUT2D eigenvalue weighted by molar-refractivity contribution is 5.97. The Morgan fingerprint density at radius 3 is 2.45 bits per heavy atom. The van der Waals surface area contributed by atoms with Crippen LogP contribution in [0.5, 0.6) is 5.75 Å². The Hall–Kier alpha value is -3.46. The SMILES string of the molecule is CCN(CC)c1ccc(N/C=C(/C#N)C(=O)NCCc2ccc(O)cc2)c(C)c1. The van der Waals surface area contributed by atoms with Gasteiger partial charge < -0.3 is 20.6 Å². The van der Waals surface area contributed by atoms with Crippen LogP contribution in [0.4, 0.5) is 11.4 Å². The Bertz CT molecular complexity index is 894. The van der Waals surface area contributed by atoms with Crippen molar-refractivity contribution in [2.45, 2.75) is 27.2 Å². The summed E-state index contributed by atoms with van der Waals surface area (Å²) < 4.78 is 0. The van der Waals surface area contributed by atoms with E-state index < -0.39 is 5.91 Å². The topological polar surface area (TPSA) is 88.4 Å². The van der Waals surface area contributed by atoms with Crippen LogP contribution in [0.25, 0.3) is 0 Å². The molecule has 0 saturated heterocycles. The Balaban J connectivity index is 1.95. The highest BCUT2D eigenvalue weighted by Gasteiger charge is 2.09. The van der Waals surface area contributed by atoms with Crippen molar-refractivity contribution in [2.24, 2.45) is 0 Å². The van der Waals surface area contributed by atoms with Gasteiger partial charge in [-0.05, 0) is 68.7 Å².